The van der Waals surface area contributed by atoms with Crippen LogP contribution >= 0.6 is 27.3 Å². The molecule has 0 radical (unpaired) electrons. The molecule has 4 nitrogen and oxygen atoms in total. The van der Waals surface area contributed by atoms with Crippen molar-refractivity contribution in [3.8, 4) is 10.8 Å². The predicted octanol–water partition coefficient (Wildman–Crippen LogP) is 3.62. The van der Waals surface area contributed by atoms with Gasteiger partial charge in [0.15, 0.2) is 15.4 Å². The molecule has 1 atom stereocenters. The number of hydrogen-bond donors (Lipinski definition) is 1. The monoisotopic (exact) mass is 315 g/mol. The van der Waals surface area contributed by atoms with Crippen LogP contribution in [0.25, 0.3) is 10.8 Å². The molecule has 2 heterocycles. The van der Waals surface area contributed by atoms with Crippen molar-refractivity contribution in [2.45, 2.75) is 26.3 Å². The number of nitrogens with zero attached hydrogens (tertiary/aromatic N) is 2. The van der Waals surface area contributed by atoms with Gasteiger partial charge < -0.3 is 9.73 Å². The van der Waals surface area contributed by atoms with Gasteiger partial charge >= 0.3 is 0 Å². The number of halogens is 1. The first-order valence-electron chi connectivity index (χ1n) is 5.57. The molecular formula is C11H14BrN3OS. The van der Waals surface area contributed by atoms with Crippen molar-refractivity contribution >= 4 is 27.3 Å². The second-order valence-corrected chi connectivity index (χ2v) is 5.36. The standard InChI is InChI=1S/C11H14BrN3OS/c1-3-7(13-4-2)10-14-15-11(17-10)8-5-6-9(12)16-8/h5-7,13H,3-4H2,1-2H3. The summed E-state index contributed by atoms with van der Waals surface area (Å²) in [6.07, 6.45) is 1.00. The van der Waals surface area contributed by atoms with Gasteiger partial charge in [0.05, 0.1) is 6.04 Å². The first-order chi connectivity index (χ1) is 8.24. The summed E-state index contributed by atoms with van der Waals surface area (Å²) in [4.78, 5) is 0. The van der Waals surface area contributed by atoms with Gasteiger partial charge in [-0.15, -0.1) is 10.2 Å². The average molecular weight is 316 g/mol. The number of aromatic nitrogens is 2. The number of furan rings is 1. The van der Waals surface area contributed by atoms with Crippen LogP contribution in [-0.4, -0.2) is 16.7 Å². The van der Waals surface area contributed by atoms with Crippen molar-refractivity contribution in [2.75, 3.05) is 6.54 Å². The van der Waals surface area contributed by atoms with Crippen LogP contribution in [-0.2, 0) is 0 Å². The maximum absolute atomic E-state index is 5.46. The molecular weight excluding hydrogens is 302 g/mol. The molecule has 0 aliphatic carbocycles. The normalized spacial score (nSPS) is 12.9. The third kappa shape index (κ3) is 2.94. The van der Waals surface area contributed by atoms with Gasteiger partial charge in [0.1, 0.15) is 5.01 Å². The SMILES string of the molecule is CCNC(CC)c1nnc(-c2ccc(Br)o2)s1. The summed E-state index contributed by atoms with van der Waals surface area (Å²) in [5, 5.41) is 13.6. The van der Waals surface area contributed by atoms with Crippen molar-refractivity contribution in [1.82, 2.24) is 15.5 Å². The summed E-state index contributed by atoms with van der Waals surface area (Å²) in [6.45, 7) is 5.16. The van der Waals surface area contributed by atoms with E-state index in [1.165, 1.54) is 0 Å². The first-order valence-corrected chi connectivity index (χ1v) is 7.18. The zero-order chi connectivity index (χ0) is 12.3. The lowest BCUT2D eigenvalue weighted by molar-refractivity contribution is 0.530. The fourth-order valence-corrected chi connectivity index (χ4v) is 2.83. The summed E-state index contributed by atoms with van der Waals surface area (Å²) in [6, 6.07) is 4.03. The van der Waals surface area contributed by atoms with Crippen LogP contribution in [0.4, 0.5) is 0 Å². The summed E-state index contributed by atoms with van der Waals surface area (Å²) in [7, 11) is 0. The molecule has 0 spiro atoms. The zero-order valence-electron chi connectivity index (χ0n) is 9.74. The van der Waals surface area contributed by atoms with Crippen molar-refractivity contribution in [2.24, 2.45) is 0 Å². The summed E-state index contributed by atoms with van der Waals surface area (Å²) < 4.78 is 6.17. The Kier molecular flexibility index (Phi) is 4.31. The van der Waals surface area contributed by atoms with Crippen molar-refractivity contribution in [3.05, 3.63) is 21.8 Å². The maximum atomic E-state index is 5.46. The Morgan fingerprint density at radius 1 is 1.41 bits per heavy atom. The van der Waals surface area contributed by atoms with Gasteiger partial charge in [0, 0.05) is 0 Å². The van der Waals surface area contributed by atoms with Crippen molar-refractivity contribution in [1.29, 1.82) is 0 Å². The van der Waals surface area contributed by atoms with E-state index < -0.39 is 0 Å². The lowest BCUT2D eigenvalue weighted by Crippen LogP contribution is -2.19. The van der Waals surface area contributed by atoms with E-state index in [4.69, 9.17) is 4.42 Å². The topological polar surface area (TPSA) is 51.0 Å². The van der Waals surface area contributed by atoms with Crippen LogP contribution in [0.1, 0.15) is 31.3 Å². The van der Waals surface area contributed by atoms with E-state index >= 15 is 0 Å². The number of rotatable bonds is 5. The Morgan fingerprint density at radius 2 is 2.24 bits per heavy atom. The lowest BCUT2D eigenvalue weighted by atomic mass is 10.2. The Morgan fingerprint density at radius 3 is 2.82 bits per heavy atom. The fraction of sp³-hybridized carbons (Fsp3) is 0.455. The third-order valence-corrected chi connectivity index (χ3v) is 3.86. The molecule has 0 aliphatic heterocycles. The van der Waals surface area contributed by atoms with Gasteiger partial charge in [-0.2, -0.15) is 0 Å². The number of nitrogens with one attached hydrogen (secondary N) is 1. The molecule has 0 bridgehead atoms. The summed E-state index contributed by atoms with van der Waals surface area (Å²) >= 11 is 4.85. The van der Waals surface area contributed by atoms with Crippen molar-refractivity contribution < 1.29 is 4.42 Å². The van der Waals surface area contributed by atoms with Gasteiger partial charge in [-0.3, -0.25) is 0 Å². The fourth-order valence-electron chi connectivity index (χ4n) is 1.56. The number of hydrogen-bond acceptors (Lipinski definition) is 5. The van der Waals surface area contributed by atoms with Crippen LogP contribution < -0.4 is 5.32 Å². The molecule has 1 unspecified atom stereocenters. The average Bonchev–Trinajstić information content (AvgIpc) is 2.94. The predicted molar refractivity (Wildman–Crippen MR) is 72.0 cm³/mol. The second kappa shape index (κ2) is 5.75. The minimum atomic E-state index is 0.282. The molecule has 0 aromatic carbocycles. The van der Waals surface area contributed by atoms with Crippen LogP contribution in [0.3, 0.4) is 0 Å². The van der Waals surface area contributed by atoms with Gasteiger partial charge in [-0.1, -0.05) is 25.2 Å². The minimum absolute atomic E-state index is 0.282. The zero-order valence-corrected chi connectivity index (χ0v) is 12.1. The van der Waals surface area contributed by atoms with Gasteiger partial charge in [-0.25, -0.2) is 0 Å². The second-order valence-electron chi connectivity index (χ2n) is 3.57. The molecule has 0 saturated heterocycles. The van der Waals surface area contributed by atoms with E-state index in [0.29, 0.717) is 4.67 Å². The summed E-state index contributed by atoms with van der Waals surface area (Å²) in [5.41, 5.74) is 0. The van der Waals surface area contributed by atoms with E-state index in [1.54, 1.807) is 11.3 Å². The molecule has 0 fully saturated rings. The molecule has 0 aliphatic rings. The molecule has 0 saturated carbocycles. The largest absolute Gasteiger partial charge is 0.447 e. The maximum Gasteiger partial charge on any atom is 0.183 e. The van der Waals surface area contributed by atoms with E-state index in [9.17, 15) is 0 Å². The molecule has 17 heavy (non-hydrogen) atoms. The highest BCUT2D eigenvalue weighted by Gasteiger charge is 2.16. The first kappa shape index (κ1) is 12.7. The van der Waals surface area contributed by atoms with Crippen molar-refractivity contribution in [3.63, 3.8) is 0 Å². The van der Waals surface area contributed by atoms with E-state index in [-0.39, 0.29) is 6.04 Å². The molecule has 2 rings (SSSR count). The summed E-state index contributed by atoms with van der Waals surface area (Å²) in [5.74, 6) is 0.756. The van der Waals surface area contributed by atoms with Crippen LogP contribution in [0.5, 0.6) is 0 Å². The highest BCUT2D eigenvalue weighted by Crippen LogP contribution is 2.30. The molecule has 0 amide bonds. The minimum Gasteiger partial charge on any atom is -0.447 e. The van der Waals surface area contributed by atoms with Crippen LogP contribution in [0.2, 0.25) is 0 Å². The quantitative estimate of drug-likeness (QED) is 0.915. The van der Waals surface area contributed by atoms with Gasteiger partial charge in [-0.05, 0) is 41.0 Å². The van der Waals surface area contributed by atoms with E-state index in [2.05, 4.69) is 45.3 Å². The highest BCUT2D eigenvalue weighted by atomic mass is 79.9. The molecule has 2 aromatic heterocycles. The van der Waals surface area contributed by atoms with Gasteiger partial charge in [0.2, 0.25) is 0 Å². The van der Waals surface area contributed by atoms with E-state index in [0.717, 1.165) is 28.7 Å². The van der Waals surface area contributed by atoms with Gasteiger partial charge in [0.25, 0.3) is 0 Å². The third-order valence-electron chi connectivity index (χ3n) is 2.38. The Hall–Kier alpha value is -0.720. The molecule has 92 valence electrons. The van der Waals surface area contributed by atoms with Crippen LogP contribution in [0, 0.1) is 0 Å². The highest BCUT2D eigenvalue weighted by molar-refractivity contribution is 9.10. The van der Waals surface area contributed by atoms with Crippen LogP contribution in [0.15, 0.2) is 21.2 Å². The smallest absolute Gasteiger partial charge is 0.183 e. The molecule has 1 N–H and O–H groups in total. The van der Waals surface area contributed by atoms with E-state index in [1.807, 2.05) is 12.1 Å². The Balaban J connectivity index is 2.20. The lowest BCUT2D eigenvalue weighted by Gasteiger charge is -2.10. The molecule has 6 heteroatoms. The molecule has 2 aromatic rings. The Bertz CT molecular complexity index is 483. The Labute approximate surface area is 113 Å².